The number of rotatable bonds is 6. The van der Waals surface area contributed by atoms with Gasteiger partial charge in [0.05, 0.1) is 22.4 Å². The predicted octanol–water partition coefficient (Wildman–Crippen LogP) is 14.9. The fraction of sp³-hybridized carbons (Fsp3) is 0.218. The summed E-state index contributed by atoms with van der Waals surface area (Å²) in [6, 6.07) is 45.7. The molecule has 0 unspecified atom stereocenters. The molecule has 0 bridgehead atoms. The molecule has 0 spiro atoms. The number of para-hydroxylation sites is 1. The van der Waals surface area contributed by atoms with E-state index in [4.69, 9.17) is 22.0 Å². The molecule has 0 aliphatic carbocycles. The summed E-state index contributed by atoms with van der Waals surface area (Å²) in [5.41, 5.74) is 12.2. The Bertz CT molecular complexity index is 3410. The van der Waals surface area contributed by atoms with Crippen LogP contribution in [0.4, 0.5) is 0 Å². The van der Waals surface area contributed by atoms with E-state index in [1.54, 1.807) is 30.3 Å². The van der Waals surface area contributed by atoms with E-state index in [1.165, 1.54) is 5.56 Å². The third-order valence-electron chi connectivity index (χ3n) is 11.2. The molecule has 7 heteroatoms. The van der Waals surface area contributed by atoms with Crippen LogP contribution in [-0.4, -0.2) is 19.5 Å². The van der Waals surface area contributed by atoms with Crippen LogP contribution in [0.5, 0.6) is 0 Å². The summed E-state index contributed by atoms with van der Waals surface area (Å²) in [7, 11) is 0. The first-order chi connectivity index (χ1) is 31.8. The molecule has 4 aromatic heterocycles. The first kappa shape index (κ1) is 35.5. The van der Waals surface area contributed by atoms with Crippen molar-refractivity contribution in [1.29, 1.82) is 0 Å². The van der Waals surface area contributed by atoms with Crippen molar-refractivity contribution in [1.82, 2.24) is 19.5 Å². The summed E-state index contributed by atoms with van der Waals surface area (Å²) in [6.45, 7) is 10.3. The van der Waals surface area contributed by atoms with Crippen LogP contribution < -0.4 is 0 Å². The summed E-state index contributed by atoms with van der Waals surface area (Å²) in [6.07, 6.45) is 1.87. The molecule has 313 valence electrons. The number of hydrogen-bond donors (Lipinski definition) is 0. The van der Waals surface area contributed by atoms with Gasteiger partial charge in [-0.15, -0.1) is 54.1 Å². The number of oxazole rings is 1. The number of pyridine rings is 1. The van der Waals surface area contributed by atoms with Gasteiger partial charge in [0.25, 0.3) is 0 Å². The monoisotopic (exact) mass is 997 g/mol. The van der Waals surface area contributed by atoms with Crippen molar-refractivity contribution in [2.24, 2.45) is 0 Å². The predicted molar refractivity (Wildman–Crippen MR) is 250 cm³/mol. The zero-order valence-corrected chi connectivity index (χ0v) is 38.1. The van der Waals surface area contributed by atoms with Gasteiger partial charge in [0.1, 0.15) is 11.1 Å². The maximum absolute atomic E-state index is 8.58. The molecule has 0 amide bonds. The number of nitrogens with zero attached hydrogens (tertiary/aromatic N) is 4. The Morgan fingerprint density at radius 1 is 0.677 bits per heavy atom. The van der Waals surface area contributed by atoms with Crippen LogP contribution >= 0.6 is 0 Å². The molecule has 0 saturated heterocycles. The van der Waals surface area contributed by atoms with Gasteiger partial charge in [-0.2, -0.15) is 0 Å². The topological polar surface area (TPSA) is 69.9 Å². The van der Waals surface area contributed by atoms with Gasteiger partial charge in [-0.3, -0.25) is 4.98 Å². The maximum Gasteiger partial charge on any atom is 0.192 e. The molecule has 0 saturated carbocycles. The molecular weight excluding hydrogens is 941 g/mol. The summed E-state index contributed by atoms with van der Waals surface area (Å²) < 4.78 is 63.2. The molecule has 1 radical (unpaired) electrons. The van der Waals surface area contributed by atoms with Gasteiger partial charge >= 0.3 is 0 Å². The molecule has 0 N–H and O–H groups in total. The molecule has 0 aliphatic rings. The van der Waals surface area contributed by atoms with Gasteiger partial charge < -0.3 is 18.4 Å². The van der Waals surface area contributed by atoms with Crippen LogP contribution in [0, 0.1) is 25.8 Å². The molecule has 10 rings (SSSR count). The molecule has 62 heavy (non-hydrogen) atoms. The van der Waals surface area contributed by atoms with Crippen LogP contribution in [-0.2, 0) is 25.5 Å². The van der Waals surface area contributed by atoms with Gasteiger partial charge in [-0.1, -0.05) is 108 Å². The average molecular weight is 997 g/mol. The van der Waals surface area contributed by atoms with Gasteiger partial charge in [-0.25, -0.2) is 4.98 Å². The molecule has 6 nitrogen and oxygen atoms in total. The van der Waals surface area contributed by atoms with Gasteiger partial charge in [0.15, 0.2) is 11.5 Å². The number of aryl methyl sites for hydroxylation is 2. The zero-order valence-electron chi connectivity index (χ0n) is 41.7. The fourth-order valence-corrected chi connectivity index (χ4v) is 8.05. The van der Waals surface area contributed by atoms with Crippen LogP contribution in [0.3, 0.4) is 0 Å². The van der Waals surface area contributed by atoms with E-state index in [1.807, 2.05) is 65.4 Å². The Morgan fingerprint density at radius 3 is 2.15 bits per heavy atom. The van der Waals surface area contributed by atoms with E-state index in [9.17, 15) is 0 Å². The van der Waals surface area contributed by atoms with Crippen molar-refractivity contribution in [3.8, 4) is 39.5 Å². The van der Waals surface area contributed by atoms with E-state index in [-0.39, 0.29) is 48.8 Å². The average Bonchev–Trinajstić information content (AvgIpc) is 4.01. The summed E-state index contributed by atoms with van der Waals surface area (Å²) >= 11 is 0. The molecule has 0 fully saturated rings. The number of fused-ring (bicyclic) bond motifs is 5. The summed E-state index contributed by atoms with van der Waals surface area (Å²) in [5.74, 6) is 0.303. The van der Waals surface area contributed by atoms with Crippen molar-refractivity contribution >= 4 is 44.1 Å². The number of aromatic nitrogens is 4. The van der Waals surface area contributed by atoms with Crippen molar-refractivity contribution in [3.63, 3.8) is 0 Å². The maximum atomic E-state index is 8.58. The largest absolute Gasteiger partial charge is 0.500 e. The normalized spacial score (nSPS) is 13.6. The standard InChI is InChI=1S/C40H34N3O2.C15H16N.Ir/c1-22(2)30-18-27(26-13-8-7-9-14-26)19-31(23(3)4)38(30)43-37-24(5)12-10-17-33(37)42-40(43)29-16-11-15-28-32-20-36-34(41-25(6)44-36)21-35(32)45-39(28)29;1-15(2,3)13-9-10-16-14(11-13)12-7-5-4-6-8-12;/h7-15,17-23H,1-6H3;4-7,9-11H,1-3H3;/q2*-1;/i5D3,6D3;;. The fourth-order valence-electron chi connectivity index (χ4n) is 8.05. The summed E-state index contributed by atoms with van der Waals surface area (Å²) in [4.78, 5) is 13.8. The Kier molecular flexibility index (Phi) is 9.70. The number of benzene rings is 6. The third kappa shape index (κ3) is 7.92. The van der Waals surface area contributed by atoms with Crippen LogP contribution in [0.25, 0.3) is 83.5 Å². The van der Waals surface area contributed by atoms with Crippen molar-refractivity contribution < 1.29 is 37.2 Å². The van der Waals surface area contributed by atoms with Crippen LogP contribution in [0.1, 0.15) is 96.7 Å². The van der Waals surface area contributed by atoms with Crippen LogP contribution in [0.2, 0.25) is 0 Å². The zero-order chi connectivity index (χ0) is 47.6. The van der Waals surface area contributed by atoms with Crippen molar-refractivity contribution in [3.05, 3.63) is 168 Å². The molecule has 0 atom stereocenters. The Balaban J connectivity index is 0.000000312. The molecule has 10 aromatic rings. The first-order valence-corrected chi connectivity index (χ1v) is 20.7. The summed E-state index contributed by atoms with van der Waals surface area (Å²) in [5, 5.41) is 1.46. The van der Waals surface area contributed by atoms with Crippen LogP contribution in [0.15, 0.2) is 136 Å². The molecular formula is C55H50IrN4O2-2. The van der Waals surface area contributed by atoms with E-state index in [0.29, 0.717) is 50.1 Å². The van der Waals surface area contributed by atoms with Crippen molar-refractivity contribution in [2.45, 2.75) is 79.4 Å². The quantitative estimate of drug-likeness (QED) is 0.155. The van der Waals surface area contributed by atoms with Crippen molar-refractivity contribution in [2.75, 3.05) is 0 Å². The number of furan rings is 1. The second-order valence-corrected chi connectivity index (χ2v) is 17.1. The van der Waals surface area contributed by atoms with Gasteiger partial charge in [0.2, 0.25) is 0 Å². The minimum absolute atomic E-state index is 0. The Hall–Kier alpha value is -6.14. The molecule has 6 aromatic carbocycles. The number of hydrogen-bond acceptors (Lipinski definition) is 5. The SMILES string of the molecule is CC(C)(C)c1ccnc(-c2[c-]cccc2)c1.[2H]C([2H])([2H])c1nc2cc3oc4c(-c5nc6cccc(C([2H])([2H])[2H])c6n5-c5c(C(C)C)cc(-c6ccccc6)cc5C(C)C)[c-]ccc4c3cc2o1.[Ir]. The second-order valence-electron chi connectivity index (χ2n) is 17.1. The number of imidazole rings is 1. The third-order valence-corrected chi connectivity index (χ3v) is 11.2. The van der Waals surface area contributed by atoms with E-state index in [0.717, 1.165) is 44.6 Å². The van der Waals surface area contributed by atoms with E-state index >= 15 is 0 Å². The minimum atomic E-state index is -2.49. The van der Waals surface area contributed by atoms with E-state index < -0.39 is 13.7 Å². The minimum Gasteiger partial charge on any atom is -0.500 e. The smallest absolute Gasteiger partial charge is 0.192 e. The molecule has 4 heterocycles. The van der Waals surface area contributed by atoms with Gasteiger partial charge in [0, 0.05) is 58.5 Å². The second kappa shape index (κ2) is 17.0. The Morgan fingerprint density at radius 2 is 1.45 bits per heavy atom. The molecule has 0 aliphatic heterocycles. The van der Waals surface area contributed by atoms with Gasteiger partial charge in [-0.05, 0) is 93.5 Å². The first-order valence-electron chi connectivity index (χ1n) is 23.7. The van der Waals surface area contributed by atoms with E-state index in [2.05, 4.69) is 107 Å². The Labute approximate surface area is 385 Å².